The van der Waals surface area contributed by atoms with Crippen molar-refractivity contribution in [2.75, 3.05) is 23.6 Å². The minimum Gasteiger partial charge on any atom is -0.464 e. The lowest BCUT2D eigenvalue weighted by Gasteiger charge is -2.41. The van der Waals surface area contributed by atoms with Gasteiger partial charge >= 0.3 is 11.9 Å². The Morgan fingerprint density at radius 2 is 1.72 bits per heavy atom. The highest BCUT2D eigenvalue weighted by atomic mass is 35.5. The molecule has 2 aromatic carbocycles. The molecule has 0 unspecified atom stereocenters. The minimum atomic E-state index is -1.02. The van der Waals surface area contributed by atoms with Gasteiger partial charge in [-0.25, -0.2) is 14.6 Å². The smallest absolute Gasteiger partial charge is 0.365 e. The quantitative estimate of drug-likeness (QED) is 0.541. The summed E-state index contributed by atoms with van der Waals surface area (Å²) in [5, 5.41) is 7.06. The molecule has 0 radical (unpaired) electrons. The van der Waals surface area contributed by atoms with Gasteiger partial charge < -0.3 is 14.4 Å². The zero-order chi connectivity index (χ0) is 22.9. The highest BCUT2D eigenvalue weighted by Crippen LogP contribution is 2.60. The fraction of sp³-hybridized carbons (Fsp3) is 0.227. The number of benzene rings is 2. The molecule has 2 heterocycles. The summed E-state index contributed by atoms with van der Waals surface area (Å²) in [5.41, 5.74) is 2.24. The van der Waals surface area contributed by atoms with Crippen LogP contribution in [-0.4, -0.2) is 35.0 Å². The number of carbonyl (C=O) groups is 2. The van der Waals surface area contributed by atoms with Gasteiger partial charge in [-0.05, 0) is 62.0 Å². The van der Waals surface area contributed by atoms with Crippen LogP contribution in [0.25, 0.3) is 0 Å². The van der Waals surface area contributed by atoms with E-state index in [1.54, 1.807) is 24.1 Å². The van der Waals surface area contributed by atoms with Gasteiger partial charge in [-0.2, -0.15) is 5.10 Å². The van der Waals surface area contributed by atoms with Crippen molar-refractivity contribution >= 4 is 63.5 Å². The van der Waals surface area contributed by atoms with Crippen LogP contribution in [0.15, 0.2) is 70.3 Å². The van der Waals surface area contributed by atoms with Crippen molar-refractivity contribution in [1.29, 1.82) is 0 Å². The molecule has 2 aliphatic heterocycles. The molecule has 1 atom stereocenters. The van der Waals surface area contributed by atoms with Gasteiger partial charge in [-0.15, -0.1) is 0 Å². The zero-order valence-corrected chi connectivity index (χ0v) is 20.0. The van der Waals surface area contributed by atoms with Gasteiger partial charge in [0.2, 0.25) is 9.37 Å². The molecular weight excluding hydrogens is 470 g/mol. The summed E-state index contributed by atoms with van der Waals surface area (Å²) in [6.07, 6.45) is 0. The van der Waals surface area contributed by atoms with E-state index < -0.39 is 16.3 Å². The van der Waals surface area contributed by atoms with E-state index in [0.29, 0.717) is 21.3 Å². The number of anilines is 2. The van der Waals surface area contributed by atoms with Crippen molar-refractivity contribution in [2.45, 2.75) is 18.2 Å². The van der Waals surface area contributed by atoms with Gasteiger partial charge in [-0.1, -0.05) is 41.6 Å². The number of carbonyl (C=O) groups excluding carboxylic acids is 2. The predicted molar refractivity (Wildman–Crippen MR) is 130 cm³/mol. The summed E-state index contributed by atoms with van der Waals surface area (Å²) >= 11 is 8.60. The van der Waals surface area contributed by atoms with Crippen molar-refractivity contribution in [2.24, 2.45) is 5.10 Å². The topological polar surface area (TPSA) is 71.4 Å². The Morgan fingerprint density at radius 3 is 2.34 bits per heavy atom. The average molecular weight is 490 g/mol. The second-order valence-electron chi connectivity index (χ2n) is 6.74. The fourth-order valence-corrected chi connectivity index (χ4v) is 6.51. The number of rotatable bonds is 5. The third-order valence-electron chi connectivity index (χ3n) is 4.78. The van der Waals surface area contributed by atoms with Crippen LogP contribution < -0.4 is 9.91 Å². The molecule has 0 amide bonds. The fourth-order valence-electron chi connectivity index (χ4n) is 3.41. The maximum absolute atomic E-state index is 12.8. The summed E-state index contributed by atoms with van der Waals surface area (Å²) in [6, 6.07) is 16.8. The van der Waals surface area contributed by atoms with Crippen LogP contribution >= 0.6 is 35.1 Å². The molecule has 0 saturated heterocycles. The summed E-state index contributed by atoms with van der Waals surface area (Å²) in [4.78, 5) is 27.7. The van der Waals surface area contributed by atoms with E-state index in [9.17, 15) is 9.59 Å². The highest BCUT2D eigenvalue weighted by molar-refractivity contribution is 8.29. The van der Waals surface area contributed by atoms with Crippen LogP contribution in [0, 0.1) is 0 Å². The summed E-state index contributed by atoms with van der Waals surface area (Å²) < 4.78 is 9.24. The van der Waals surface area contributed by atoms with Crippen LogP contribution in [-0.2, 0) is 19.1 Å². The Balaban J connectivity index is 1.89. The molecule has 0 aliphatic carbocycles. The van der Waals surface area contributed by atoms with E-state index in [4.69, 9.17) is 21.1 Å². The van der Waals surface area contributed by atoms with Gasteiger partial charge in [0.05, 0.1) is 19.4 Å². The number of allylic oxidation sites excluding steroid dienone is 1. The number of methoxy groups -OCH3 is 1. The molecule has 7 nitrogen and oxygen atoms in total. The van der Waals surface area contributed by atoms with Gasteiger partial charge in [0.15, 0.2) is 0 Å². The highest BCUT2D eigenvalue weighted by Gasteiger charge is 2.58. The van der Waals surface area contributed by atoms with Crippen molar-refractivity contribution in [3.63, 3.8) is 0 Å². The lowest BCUT2D eigenvalue weighted by molar-refractivity contribution is -0.137. The van der Waals surface area contributed by atoms with Crippen molar-refractivity contribution < 1.29 is 19.1 Å². The number of thioether (sulfide) groups is 2. The van der Waals surface area contributed by atoms with E-state index in [-0.39, 0.29) is 11.7 Å². The molecular formula is C22H20ClN3O4S2. The first-order valence-electron chi connectivity index (χ1n) is 9.75. The predicted octanol–water partition coefficient (Wildman–Crippen LogP) is 5.04. The average Bonchev–Trinajstić information content (AvgIpc) is 3.32. The maximum Gasteiger partial charge on any atom is 0.365 e. The maximum atomic E-state index is 12.8. The Kier molecular flexibility index (Phi) is 6.41. The van der Waals surface area contributed by atoms with Gasteiger partial charge in [0.1, 0.15) is 4.91 Å². The summed E-state index contributed by atoms with van der Waals surface area (Å²) in [7, 11) is 1.31. The number of nitrogens with zero attached hydrogens (tertiary/aromatic N) is 3. The number of hydrogen-bond acceptors (Lipinski definition) is 9. The third kappa shape index (κ3) is 3.85. The number of ether oxygens (including phenoxy) is 2. The van der Waals surface area contributed by atoms with Crippen LogP contribution in [0.5, 0.6) is 0 Å². The molecule has 0 aromatic heterocycles. The number of hydrazone groups is 1. The van der Waals surface area contributed by atoms with E-state index in [1.165, 1.54) is 30.6 Å². The first kappa shape index (κ1) is 22.6. The molecule has 0 N–H and O–H groups in total. The van der Waals surface area contributed by atoms with Gasteiger partial charge in [0.25, 0.3) is 0 Å². The molecule has 2 aromatic rings. The Morgan fingerprint density at radius 1 is 1.03 bits per heavy atom. The Bertz CT molecular complexity index is 1110. The number of para-hydroxylation sites is 1. The molecule has 0 saturated carbocycles. The summed E-state index contributed by atoms with van der Waals surface area (Å²) in [5.74, 6) is -0.974. The normalized spacial score (nSPS) is 20.1. The van der Waals surface area contributed by atoms with Crippen molar-refractivity contribution in [3.8, 4) is 0 Å². The molecule has 1 spiro atoms. The largest absolute Gasteiger partial charge is 0.464 e. The van der Waals surface area contributed by atoms with Crippen LogP contribution in [0.3, 0.4) is 0 Å². The molecule has 32 heavy (non-hydrogen) atoms. The number of halogens is 1. The second kappa shape index (κ2) is 9.09. The lowest BCUT2D eigenvalue weighted by Crippen LogP contribution is -2.49. The number of hydrogen-bond donors (Lipinski definition) is 0. The van der Waals surface area contributed by atoms with Crippen LogP contribution in [0.1, 0.15) is 13.8 Å². The monoisotopic (exact) mass is 489 g/mol. The molecule has 0 bridgehead atoms. The minimum absolute atomic E-state index is 0.175. The second-order valence-corrected chi connectivity index (χ2v) is 9.78. The zero-order valence-electron chi connectivity index (χ0n) is 17.6. The van der Waals surface area contributed by atoms with Crippen LogP contribution in [0.2, 0.25) is 5.02 Å². The standard InChI is InChI=1S/C22H20ClN3O4S2/c1-4-30-20(27)18-14(2)25(16-8-6-5-7-9-16)22(31-18)26(17-12-10-15(23)11-13-17)24-19(32-22)21(28)29-3/h5-13H,4H2,1-3H3/t22-/m1/s1. The Labute approximate surface area is 199 Å². The molecule has 10 heteroatoms. The molecule has 2 aliphatic rings. The third-order valence-corrected chi connectivity index (χ3v) is 7.88. The first-order valence-corrected chi connectivity index (χ1v) is 11.8. The Hall–Kier alpha value is -2.62. The molecule has 4 rings (SSSR count). The summed E-state index contributed by atoms with van der Waals surface area (Å²) in [6.45, 7) is 3.88. The van der Waals surface area contributed by atoms with E-state index in [1.807, 2.05) is 54.3 Å². The van der Waals surface area contributed by atoms with Crippen molar-refractivity contribution in [3.05, 3.63) is 70.2 Å². The van der Waals surface area contributed by atoms with E-state index in [2.05, 4.69) is 5.10 Å². The first-order chi connectivity index (χ1) is 15.4. The number of esters is 2. The van der Waals surface area contributed by atoms with Crippen LogP contribution in [0.4, 0.5) is 11.4 Å². The van der Waals surface area contributed by atoms with E-state index in [0.717, 1.165) is 5.69 Å². The van der Waals surface area contributed by atoms with Gasteiger partial charge in [0, 0.05) is 16.4 Å². The van der Waals surface area contributed by atoms with Crippen molar-refractivity contribution in [1.82, 2.24) is 0 Å². The lowest BCUT2D eigenvalue weighted by atomic mass is 10.2. The van der Waals surface area contributed by atoms with Gasteiger partial charge in [-0.3, -0.25) is 0 Å². The molecule has 0 fully saturated rings. The molecule has 166 valence electrons. The SMILES string of the molecule is CCOC(=O)C1=C(C)N(c2ccccc2)[C@]2(SC(C(=O)OC)=NN2c2ccc(Cl)cc2)S1. The van der Waals surface area contributed by atoms with E-state index >= 15 is 0 Å².